The first kappa shape index (κ1) is 20.3. The number of carbonyl (C=O) groups excluding carboxylic acids is 1. The van der Waals surface area contributed by atoms with Crippen molar-refractivity contribution >= 4 is 17.6 Å². The Morgan fingerprint density at radius 1 is 1.10 bits per heavy atom. The molecule has 30 heavy (non-hydrogen) atoms. The van der Waals surface area contributed by atoms with E-state index in [-0.39, 0.29) is 17.9 Å². The Labute approximate surface area is 178 Å². The van der Waals surface area contributed by atoms with Crippen LogP contribution < -0.4 is 16.0 Å². The van der Waals surface area contributed by atoms with E-state index in [9.17, 15) is 4.79 Å². The largest absolute Gasteiger partial charge is 0.324 e. The van der Waals surface area contributed by atoms with Gasteiger partial charge in [-0.05, 0) is 55.5 Å². The molecule has 0 spiro atoms. The number of anilines is 1. The minimum absolute atomic E-state index is 0.103. The molecule has 3 heterocycles. The van der Waals surface area contributed by atoms with Gasteiger partial charge in [-0.1, -0.05) is 12.1 Å². The van der Waals surface area contributed by atoms with E-state index in [0.717, 1.165) is 69.7 Å². The third-order valence-corrected chi connectivity index (χ3v) is 6.13. The Morgan fingerprint density at radius 2 is 1.90 bits per heavy atom. The van der Waals surface area contributed by atoms with Crippen molar-refractivity contribution in [2.75, 3.05) is 31.1 Å². The van der Waals surface area contributed by atoms with E-state index in [4.69, 9.17) is 11.1 Å². The summed E-state index contributed by atoms with van der Waals surface area (Å²) >= 11 is 0. The quantitative estimate of drug-likeness (QED) is 0.576. The molecule has 0 atom stereocenters. The maximum Gasteiger partial charge on any atom is 0.324 e. The highest BCUT2D eigenvalue weighted by molar-refractivity contribution is 5.97. The van der Waals surface area contributed by atoms with Gasteiger partial charge in [-0.2, -0.15) is 0 Å². The molecular weight excluding hydrogens is 376 g/mol. The monoisotopic (exact) mass is 407 g/mol. The van der Waals surface area contributed by atoms with E-state index in [0.29, 0.717) is 0 Å². The number of amides is 2. The molecule has 2 fully saturated rings. The minimum atomic E-state index is 0.103. The number of piperidine rings is 1. The van der Waals surface area contributed by atoms with Crippen LogP contribution in [0.25, 0.3) is 0 Å². The summed E-state index contributed by atoms with van der Waals surface area (Å²) < 4.78 is 0. The molecule has 0 bridgehead atoms. The van der Waals surface area contributed by atoms with E-state index in [1.54, 1.807) is 0 Å². The number of hydrogen-bond donors (Lipinski definition) is 2. The van der Waals surface area contributed by atoms with Crippen LogP contribution in [-0.2, 0) is 6.54 Å². The third-order valence-electron chi connectivity index (χ3n) is 6.13. The third kappa shape index (κ3) is 4.62. The van der Waals surface area contributed by atoms with Crippen LogP contribution in [0.15, 0.2) is 48.8 Å². The van der Waals surface area contributed by atoms with Crippen molar-refractivity contribution in [1.82, 2.24) is 14.8 Å². The summed E-state index contributed by atoms with van der Waals surface area (Å²) in [5.41, 5.74) is 8.63. The van der Waals surface area contributed by atoms with Crippen molar-refractivity contribution in [3.8, 4) is 0 Å². The van der Waals surface area contributed by atoms with Crippen molar-refractivity contribution in [3.63, 3.8) is 0 Å². The lowest BCUT2D eigenvalue weighted by Crippen LogP contribution is -2.51. The van der Waals surface area contributed by atoms with Gasteiger partial charge in [0.25, 0.3) is 5.84 Å². The van der Waals surface area contributed by atoms with Gasteiger partial charge in [0.1, 0.15) is 0 Å². The summed E-state index contributed by atoms with van der Waals surface area (Å²) in [6, 6.07) is 12.1. The van der Waals surface area contributed by atoms with E-state index in [1.807, 2.05) is 47.6 Å². The highest BCUT2D eigenvalue weighted by atomic mass is 16.2. The topological polar surface area (TPSA) is 91.3 Å². The molecule has 2 aromatic rings. The van der Waals surface area contributed by atoms with Crippen molar-refractivity contribution < 1.29 is 10.2 Å². The van der Waals surface area contributed by atoms with E-state index >= 15 is 0 Å². The number of rotatable bonds is 5. The molecule has 2 aliphatic heterocycles. The van der Waals surface area contributed by atoms with Crippen LogP contribution in [0.1, 0.15) is 36.8 Å². The number of nitrogens with two attached hydrogens (primary N) is 2. The molecule has 0 saturated carbocycles. The normalized spacial score (nSPS) is 19.0. The molecule has 7 nitrogen and oxygen atoms in total. The summed E-state index contributed by atoms with van der Waals surface area (Å²) in [6.45, 7) is 4.47. The van der Waals surface area contributed by atoms with Crippen LogP contribution >= 0.6 is 0 Å². The number of carbonyl (C=O) groups is 1. The first-order valence-electron chi connectivity index (χ1n) is 10.8. The standard InChI is InChI=1S/C23H30N6O/c24-22(25)19-6-3-7-21(15-19)29-12-2-1-11-28(23(29)30)20-8-13-27(14-9-20)17-18-5-4-10-26-16-18/h3-7,10,15-16,20H,1-2,8-9,11-14,17H2,(H3,24,25)/p+1. The molecule has 2 amide bonds. The second kappa shape index (κ2) is 9.26. The Hall–Kier alpha value is -2.93. The molecule has 7 heteroatoms. The maximum atomic E-state index is 13.5. The number of amidine groups is 1. The number of hydrogen-bond acceptors (Lipinski definition) is 3. The first-order chi connectivity index (χ1) is 14.6. The van der Waals surface area contributed by atoms with E-state index < -0.39 is 0 Å². The average molecular weight is 408 g/mol. The number of urea groups is 1. The SMILES string of the molecule is NC(=[NH2+])c1cccc(N2CCCCN(C3CCN(Cc4cccnc4)CC3)C2=O)c1. The molecule has 0 aliphatic carbocycles. The lowest BCUT2D eigenvalue weighted by Gasteiger charge is -2.39. The molecule has 0 unspecified atom stereocenters. The molecule has 1 aromatic carbocycles. The first-order valence-corrected chi connectivity index (χ1v) is 10.8. The van der Waals surface area contributed by atoms with Crippen molar-refractivity contribution in [2.24, 2.45) is 5.73 Å². The fourth-order valence-corrected chi connectivity index (χ4v) is 4.47. The zero-order valence-electron chi connectivity index (χ0n) is 17.4. The number of benzene rings is 1. The highest BCUT2D eigenvalue weighted by Crippen LogP contribution is 2.26. The van der Waals surface area contributed by atoms with Gasteiger partial charge in [-0.25, -0.2) is 4.79 Å². The minimum Gasteiger partial charge on any atom is -0.321 e. The summed E-state index contributed by atoms with van der Waals surface area (Å²) in [6.07, 6.45) is 7.77. The Balaban J connectivity index is 1.42. The molecule has 158 valence electrons. The van der Waals surface area contributed by atoms with E-state index in [2.05, 4.69) is 20.9 Å². The number of aromatic nitrogens is 1. The molecule has 0 radical (unpaired) electrons. The molecule has 4 rings (SSSR count). The smallest absolute Gasteiger partial charge is 0.321 e. The molecule has 4 N–H and O–H groups in total. The van der Waals surface area contributed by atoms with Crippen molar-refractivity contribution in [3.05, 3.63) is 59.9 Å². The maximum absolute atomic E-state index is 13.5. The second-order valence-corrected chi connectivity index (χ2v) is 8.21. The van der Waals surface area contributed by atoms with Gasteiger partial charge >= 0.3 is 6.03 Å². The Morgan fingerprint density at radius 3 is 2.63 bits per heavy atom. The zero-order chi connectivity index (χ0) is 20.9. The number of pyridine rings is 1. The van der Waals surface area contributed by atoms with Gasteiger partial charge in [0, 0.05) is 56.8 Å². The summed E-state index contributed by atoms with van der Waals surface area (Å²) in [4.78, 5) is 24.1. The number of nitrogens with zero attached hydrogens (tertiary/aromatic N) is 4. The van der Waals surface area contributed by atoms with Gasteiger partial charge in [-0.3, -0.25) is 25.9 Å². The number of likely N-dealkylation sites (tertiary alicyclic amines) is 1. The fraction of sp³-hybridized carbons (Fsp3) is 0.435. The van der Waals surface area contributed by atoms with Crippen LogP contribution in [0.3, 0.4) is 0 Å². The molecule has 2 aliphatic rings. The molecular formula is C23H31N6O+. The van der Waals surface area contributed by atoms with Crippen molar-refractivity contribution in [2.45, 2.75) is 38.3 Å². The lowest BCUT2D eigenvalue weighted by molar-refractivity contribution is -0.114. The molecule has 2 saturated heterocycles. The predicted molar refractivity (Wildman–Crippen MR) is 118 cm³/mol. The second-order valence-electron chi connectivity index (χ2n) is 8.21. The summed E-state index contributed by atoms with van der Waals surface area (Å²) in [5.74, 6) is 0.275. The van der Waals surface area contributed by atoms with Gasteiger partial charge < -0.3 is 4.90 Å². The Bertz CT molecular complexity index is 878. The van der Waals surface area contributed by atoms with Crippen LogP contribution in [0.5, 0.6) is 0 Å². The van der Waals surface area contributed by atoms with Gasteiger partial charge in [-0.15, -0.1) is 0 Å². The Kier molecular flexibility index (Phi) is 6.28. The van der Waals surface area contributed by atoms with Crippen molar-refractivity contribution in [1.29, 1.82) is 0 Å². The fourth-order valence-electron chi connectivity index (χ4n) is 4.47. The van der Waals surface area contributed by atoms with Crippen LogP contribution in [0.4, 0.5) is 10.5 Å². The lowest BCUT2D eigenvalue weighted by atomic mass is 10.0. The van der Waals surface area contributed by atoms with Gasteiger partial charge in [0.2, 0.25) is 0 Å². The van der Waals surface area contributed by atoms with Crippen LogP contribution in [-0.4, -0.2) is 58.9 Å². The molecule has 1 aromatic heterocycles. The van der Waals surface area contributed by atoms with Gasteiger partial charge in [0.15, 0.2) is 0 Å². The summed E-state index contributed by atoms with van der Waals surface area (Å²) in [7, 11) is 0. The zero-order valence-corrected chi connectivity index (χ0v) is 17.4. The van der Waals surface area contributed by atoms with E-state index in [1.165, 1.54) is 5.56 Å². The van der Waals surface area contributed by atoms with Crippen LogP contribution in [0, 0.1) is 0 Å². The highest BCUT2D eigenvalue weighted by Gasteiger charge is 2.32. The predicted octanol–water partition coefficient (Wildman–Crippen LogP) is 1.23. The average Bonchev–Trinajstić information content (AvgIpc) is 2.97. The van der Waals surface area contributed by atoms with Gasteiger partial charge in [0.05, 0.1) is 5.56 Å². The van der Waals surface area contributed by atoms with Crippen LogP contribution in [0.2, 0.25) is 0 Å². The summed E-state index contributed by atoms with van der Waals surface area (Å²) in [5, 5.41) is 5.76.